The summed E-state index contributed by atoms with van der Waals surface area (Å²) in [7, 11) is 3.70. The van der Waals surface area contributed by atoms with Gasteiger partial charge in [-0.25, -0.2) is 0 Å². The van der Waals surface area contributed by atoms with Crippen molar-refractivity contribution < 1.29 is 9.47 Å². The van der Waals surface area contributed by atoms with E-state index in [4.69, 9.17) is 9.47 Å². The average molecular weight is 355 g/mol. The molecule has 0 unspecified atom stereocenters. The molecule has 26 heavy (non-hydrogen) atoms. The third-order valence-corrected chi connectivity index (χ3v) is 5.17. The van der Waals surface area contributed by atoms with E-state index in [2.05, 4.69) is 42.5 Å². The van der Waals surface area contributed by atoms with E-state index in [0.29, 0.717) is 5.92 Å². The van der Waals surface area contributed by atoms with Gasteiger partial charge in [0.15, 0.2) is 0 Å². The molecular formula is C21H29N3O2. The Labute approximate surface area is 156 Å². The molecule has 0 bridgehead atoms. The smallest absolute Gasteiger partial charge is 0.126 e. The lowest BCUT2D eigenvalue weighted by Gasteiger charge is -2.19. The summed E-state index contributed by atoms with van der Waals surface area (Å²) in [6, 6.07) is 8.04. The second-order valence-electron chi connectivity index (χ2n) is 6.85. The average Bonchev–Trinajstić information content (AvgIpc) is 3.19. The predicted molar refractivity (Wildman–Crippen MR) is 104 cm³/mol. The highest BCUT2D eigenvalue weighted by atomic mass is 16.5. The molecule has 140 valence electrons. The van der Waals surface area contributed by atoms with Crippen LogP contribution in [0.25, 0.3) is 6.08 Å². The van der Waals surface area contributed by atoms with Crippen molar-refractivity contribution in [2.45, 2.75) is 26.4 Å². The molecule has 2 heterocycles. The molecule has 0 spiro atoms. The van der Waals surface area contributed by atoms with E-state index in [0.717, 1.165) is 43.1 Å². The summed E-state index contributed by atoms with van der Waals surface area (Å²) in [4.78, 5) is 0. The summed E-state index contributed by atoms with van der Waals surface area (Å²) < 4.78 is 13.4. The van der Waals surface area contributed by atoms with Gasteiger partial charge in [-0.05, 0) is 26.3 Å². The van der Waals surface area contributed by atoms with Gasteiger partial charge in [-0.1, -0.05) is 30.4 Å². The molecule has 0 saturated carbocycles. The van der Waals surface area contributed by atoms with Crippen LogP contribution in [-0.4, -0.2) is 36.6 Å². The molecule has 5 nitrogen and oxygen atoms in total. The molecule has 0 radical (unpaired) electrons. The monoisotopic (exact) mass is 355 g/mol. The second kappa shape index (κ2) is 8.52. The Kier molecular flexibility index (Phi) is 6.12. The lowest BCUT2D eigenvalue weighted by molar-refractivity contribution is 0.0897. The van der Waals surface area contributed by atoms with Crippen molar-refractivity contribution in [2.24, 2.45) is 13.0 Å². The molecule has 1 aliphatic rings. The van der Waals surface area contributed by atoms with Crippen molar-refractivity contribution in [3.05, 3.63) is 52.9 Å². The number of nitrogens with one attached hydrogen (secondary N) is 1. The summed E-state index contributed by atoms with van der Waals surface area (Å²) in [6.07, 6.45) is 5.48. The summed E-state index contributed by atoms with van der Waals surface area (Å²) >= 11 is 0. The lowest BCUT2D eigenvalue weighted by atomic mass is 9.94. The Morgan fingerprint density at radius 1 is 1.35 bits per heavy atom. The van der Waals surface area contributed by atoms with Gasteiger partial charge >= 0.3 is 0 Å². The van der Waals surface area contributed by atoms with Gasteiger partial charge in [0, 0.05) is 49.5 Å². The first kappa shape index (κ1) is 18.7. The Balaban J connectivity index is 1.55. The van der Waals surface area contributed by atoms with Gasteiger partial charge in [0.1, 0.15) is 5.75 Å². The fourth-order valence-electron chi connectivity index (χ4n) is 3.71. The van der Waals surface area contributed by atoms with Crippen molar-refractivity contribution in [3.8, 4) is 5.75 Å². The maximum atomic E-state index is 6.06. The number of aromatic nitrogens is 2. The molecule has 1 saturated heterocycles. The molecule has 2 aromatic rings. The summed E-state index contributed by atoms with van der Waals surface area (Å²) in [6.45, 7) is 6.78. The normalized spacial score (nSPS) is 20.2. The Bertz CT molecular complexity index is 767. The number of benzene rings is 1. The van der Waals surface area contributed by atoms with E-state index in [1.807, 2.05) is 29.9 Å². The van der Waals surface area contributed by atoms with E-state index < -0.39 is 0 Å². The van der Waals surface area contributed by atoms with Crippen LogP contribution >= 0.6 is 0 Å². The van der Waals surface area contributed by atoms with Crippen LogP contribution < -0.4 is 10.1 Å². The van der Waals surface area contributed by atoms with Crippen molar-refractivity contribution in [3.63, 3.8) is 0 Å². The molecule has 1 aromatic heterocycles. The van der Waals surface area contributed by atoms with Crippen molar-refractivity contribution in [1.82, 2.24) is 15.1 Å². The fraction of sp³-hybridized carbons (Fsp3) is 0.476. The molecule has 1 aromatic carbocycles. The van der Waals surface area contributed by atoms with Gasteiger partial charge in [0.05, 0.1) is 18.9 Å². The zero-order chi connectivity index (χ0) is 18.5. The number of para-hydroxylation sites is 1. The highest BCUT2D eigenvalue weighted by Crippen LogP contribution is 2.37. The molecule has 1 aliphatic heterocycles. The van der Waals surface area contributed by atoms with Gasteiger partial charge in [-0.3, -0.25) is 4.68 Å². The third-order valence-electron chi connectivity index (χ3n) is 5.17. The van der Waals surface area contributed by atoms with E-state index >= 15 is 0 Å². The van der Waals surface area contributed by atoms with E-state index in [1.54, 1.807) is 7.11 Å². The standard InChI is InChI=1S/C21H29N3O2/c1-15-20(16(2)24(3)23-15)21-18(11-13-26-21)14-22-12-7-9-17-8-5-6-10-19(17)25-4/h5-10,18,21-22H,11-14H2,1-4H3/b9-7+/t18-,21+/m1/s1. The first-order chi connectivity index (χ1) is 12.6. The molecule has 0 aliphatic carbocycles. The Hall–Kier alpha value is -2.11. The Morgan fingerprint density at radius 3 is 2.88 bits per heavy atom. The topological polar surface area (TPSA) is 48.3 Å². The highest BCUT2D eigenvalue weighted by Gasteiger charge is 2.33. The molecule has 0 amide bonds. The quantitative estimate of drug-likeness (QED) is 0.773. The molecule has 5 heteroatoms. The maximum Gasteiger partial charge on any atom is 0.126 e. The summed E-state index contributed by atoms with van der Waals surface area (Å²) in [5.41, 5.74) is 4.65. The molecule has 3 rings (SSSR count). The van der Waals surface area contributed by atoms with Gasteiger partial charge in [-0.15, -0.1) is 0 Å². The number of nitrogens with zero attached hydrogens (tertiary/aromatic N) is 2. The number of hydrogen-bond donors (Lipinski definition) is 1. The van der Waals surface area contributed by atoms with Crippen LogP contribution in [0.1, 0.15) is 35.0 Å². The number of ether oxygens (including phenoxy) is 2. The van der Waals surface area contributed by atoms with Crippen molar-refractivity contribution in [2.75, 3.05) is 26.8 Å². The summed E-state index contributed by atoms with van der Waals surface area (Å²) in [5, 5.41) is 8.09. The zero-order valence-electron chi connectivity index (χ0n) is 16.2. The first-order valence-corrected chi connectivity index (χ1v) is 9.23. The predicted octanol–water partition coefficient (Wildman–Crippen LogP) is 3.43. The van der Waals surface area contributed by atoms with Crippen LogP contribution in [-0.2, 0) is 11.8 Å². The van der Waals surface area contributed by atoms with Crippen LogP contribution in [0.4, 0.5) is 0 Å². The number of aryl methyl sites for hydroxylation is 2. The minimum atomic E-state index is 0.148. The highest BCUT2D eigenvalue weighted by molar-refractivity contribution is 5.57. The minimum absolute atomic E-state index is 0.148. The van der Waals surface area contributed by atoms with E-state index in [1.165, 1.54) is 11.3 Å². The van der Waals surface area contributed by atoms with Crippen LogP contribution in [0.15, 0.2) is 30.3 Å². The number of rotatable bonds is 7. The summed E-state index contributed by atoms with van der Waals surface area (Å²) in [5.74, 6) is 1.38. The zero-order valence-corrected chi connectivity index (χ0v) is 16.2. The number of methoxy groups -OCH3 is 1. The van der Waals surface area contributed by atoms with Crippen LogP contribution in [0.5, 0.6) is 5.75 Å². The Morgan fingerprint density at radius 2 is 2.15 bits per heavy atom. The minimum Gasteiger partial charge on any atom is -0.496 e. The van der Waals surface area contributed by atoms with E-state index in [9.17, 15) is 0 Å². The molecule has 2 atom stereocenters. The van der Waals surface area contributed by atoms with Crippen molar-refractivity contribution >= 4 is 6.08 Å². The van der Waals surface area contributed by atoms with Crippen LogP contribution in [0, 0.1) is 19.8 Å². The third kappa shape index (κ3) is 4.00. The van der Waals surface area contributed by atoms with Crippen LogP contribution in [0.3, 0.4) is 0 Å². The maximum absolute atomic E-state index is 6.06. The second-order valence-corrected chi connectivity index (χ2v) is 6.85. The SMILES string of the molecule is COc1ccccc1/C=C/CNC[C@H]1CCO[C@@H]1c1c(C)nn(C)c1C. The lowest BCUT2D eigenvalue weighted by Crippen LogP contribution is -2.25. The van der Waals surface area contributed by atoms with Gasteiger partial charge < -0.3 is 14.8 Å². The largest absolute Gasteiger partial charge is 0.496 e. The molecule has 1 N–H and O–H groups in total. The first-order valence-electron chi connectivity index (χ1n) is 9.23. The molecular weight excluding hydrogens is 326 g/mol. The molecule has 1 fully saturated rings. The fourth-order valence-corrected chi connectivity index (χ4v) is 3.71. The van der Waals surface area contributed by atoms with Gasteiger partial charge in [0.2, 0.25) is 0 Å². The van der Waals surface area contributed by atoms with Crippen LogP contribution in [0.2, 0.25) is 0 Å². The van der Waals surface area contributed by atoms with Gasteiger partial charge in [0.25, 0.3) is 0 Å². The number of hydrogen-bond acceptors (Lipinski definition) is 4. The van der Waals surface area contributed by atoms with E-state index in [-0.39, 0.29) is 6.10 Å². The van der Waals surface area contributed by atoms with Gasteiger partial charge in [-0.2, -0.15) is 5.10 Å². The van der Waals surface area contributed by atoms with Crippen molar-refractivity contribution in [1.29, 1.82) is 0 Å².